The van der Waals surface area contributed by atoms with Crippen molar-refractivity contribution in [2.75, 3.05) is 6.54 Å². The van der Waals surface area contributed by atoms with Crippen LogP contribution in [0.25, 0.3) is 0 Å². The Morgan fingerprint density at radius 2 is 2.12 bits per heavy atom. The van der Waals surface area contributed by atoms with E-state index in [2.05, 4.69) is 0 Å². The third kappa shape index (κ3) is 3.30. The maximum atomic E-state index is 10.6. The Kier molecular flexibility index (Phi) is 4.42. The van der Waals surface area contributed by atoms with Gasteiger partial charge in [-0.25, -0.2) is 0 Å². The van der Waals surface area contributed by atoms with Gasteiger partial charge in [0.2, 0.25) is 0 Å². The van der Waals surface area contributed by atoms with E-state index in [-0.39, 0.29) is 13.0 Å². The number of carbonyl (C=O) groups is 1. The quantitative estimate of drug-likeness (QED) is 0.545. The molecule has 0 saturated heterocycles. The lowest BCUT2D eigenvalue weighted by Gasteiger charge is -2.11. The molecule has 1 aromatic rings. The fourth-order valence-electron chi connectivity index (χ4n) is 1.40. The molecule has 88 valence electrons. The zero-order chi connectivity index (χ0) is 12.1. The maximum absolute atomic E-state index is 10.6. The molecule has 16 heavy (non-hydrogen) atoms. The van der Waals surface area contributed by atoms with Gasteiger partial charge in [0.25, 0.3) is 0 Å². The van der Waals surface area contributed by atoms with Gasteiger partial charge in [-0.2, -0.15) is 0 Å². The minimum Gasteiger partial charge on any atom is -0.480 e. The average molecular weight is 224 g/mol. The highest BCUT2D eigenvalue weighted by Gasteiger charge is 2.13. The van der Waals surface area contributed by atoms with Crippen molar-refractivity contribution in [1.82, 2.24) is 0 Å². The Labute approximate surface area is 93.7 Å². The topological polar surface area (TPSA) is 110 Å². The summed E-state index contributed by atoms with van der Waals surface area (Å²) >= 11 is 0. The van der Waals surface area contributed by atoms with Crippen LogP contribution < -0.4 is 11.5 Å². The van der Waals surface area contributed by atoms with Gasteiger partial charge in [0.15, 0.2) is 0 Å². The van der Waals surface area contributed by atoms with Gasteiger partial charge in [-0.1, -0.05) is 24.3 Å². The Morgan fingerprint density at radius 3 is 2.69 bits per heavy atom. The normalized spacial score (nSPS) is 14.4. The molecule has 5 heteroatoms. The van der Waals surface area contributed by atoms with Crippen LogP contribution in [0, 0.1) is 0 Å². The molecule has 0 aromatic heterocycles. The molecule has 1 aromatic carbocycles. The first-order valence-corrected chi connectivity index (χ1v) is 5.00. The predicted octanol–water partition coefficient (Wildman–Crippen LogP) is -0.367. The molecule has 5 nitrogen and oxygen atoms in total. The van der Waals surface area contributed by atoms with E-state index in [0.29, 0.717) is 5.56 Å². The minimum atomic E-state index is -1.04. The second kappa shape index (κ2) is 5.60. The number of carboxylic acid groups (broad SMARTS) is 1. The van der Waals surface area contributed by atoms with Crippen molar-refractivity contribution in [1.29, 1.82) is 0 Å². The first-order valence-electron chi connectivity index (χ1n) is 5.00. The van der Waals surface area contributed by atoms with Gasteiger partial charge < -0.3 is 21.7 Å². The van der Waals surface area contributed by atoms with E-state index in [9.17, 15) is 9.90 Å². The number of aliphatic carboxylic acids is 1. The highest BCUT2D eigenvalue weighted by molar-refractivity contribution is 5.73. The highest BCUT2D eigenvalue weighted by atomic mass is 16.4. The summed E-state index contributed by atoms with van der Waals surface area (Å²) in [6.07, 6.45) is -0.485. The van der Waals surface area contributed by atoms with Crippen molar-refractivity contribution in [3.8, 4) is 0 Å². The Balaban J connectivity index is 2.78. The van der Waals surface area contributed by atoms with Crippen molar-refractivity contribution < 1.29 is 15.0 Å². The molecule has 0 spiro atoms. The Hall–Kier alpha value is -1.43. The fraction of sp³-hybridized carbons (Fsp3) is 0.364. The molecule has 0 aliphatic carbocycles. The highest BCUT2D eigenvalue weighted by Crippen LogP contribution is 2.14. The van der Waals surface area contributed by atoms with E-state index in [1.807, 2.05) is 0 Å². The summed E-state index contributed by atoms with van der Waals surface area (Å²) in [5.74, 6) is -1.04. The summed E-state index contributed by atoms with van der Waals surface area (Å²) in [5, 5.41) is 18.2. The van der Waals surface area contributed by atoms with Crippen LogP contribution in [0.3, 0.4) is 0 Å². The molecule has 0 aliphatic heterocycles. The van der Waals surface area contributed by atoms with Gasteiger partial charge in [0.05, 0.1) is 6.10 Å². The van der Waals surface area contributed by atoms with Crippen molar-refractivity contribution in [3.63, 3.8) is 0 Å². The number of aliphatic hydroxyl groups excluding tert-OH is 1. The van der Waals surface area contributed by atoms with Crippen molar-refractivity contribution >= 4 is 5.97 Å². The van der Waals surface area contributed by atoms with Crippen molar-refractivity contribution in [3.05, 3.63) is 35.4 Å². The lowest BCUT2D eigenvalue weighted by molar-refractivity contribution is -0.138. The van der Waals surface area contributed by atoms with Gasteiger partial charge in [-0.15, -0.1) is 0 Å². The van der Waals surface area contributed by atoms with Gasteiger partial charge in [-0.3, -0.25) is 4.79 Å². The number of aliphatic hydroxyl groups is 1. The SMILES string of the molecule is NCC(O)c1cccc(CC(N)C(=O)O)c1. The first-order chi connectivity index (χ1) is 7.54. The summed E-state index contributed by atoms with van der Waals surface area (Å²) < 4.78 is 0. The van der Waals surface area contributed by atoms with E-state index in [1.165, 1.54) is 0 Å². The molecule has 0 bridgehead atoms. The van der Waals surface area contributed by atoms with Crippen LogP contribution in [0.2, 0.25) is 0 Å². The summed E-state index contributed by atoms with van der Waals surface area (Å²) in [7, 11) is 0. The second-order valence-electron chi connectivity index (χ2n) is 3.65. The van der Waals surface area contributed by atoms with Crippen LogP contribution in [0.4, 0.5) is 0 Å². The zero-order valence-electron chi connectivity index (χ0n) is 8.84. The van der Waals surface area contributed by atoms with E-state index in [1.54, 1.807) is 24.3 Å². The molecular formula is C11H16N2O3. The molecular weight excluding hydrogens is 208 g/mol. The monoisotopic (exact) mass is 224 g/mol. The third-order valence-corrected chi connectivity index (χ3v) is 2.33. The van der Waals surface area contributed by atoms with Crippen LogP contribution in [-0.4, -0.2) is 28.8 Å². The average Bonchev–Trinajstić information content (AvgIpc) is 2.28. The standard InChI is InChI=1S/C11H16N2O3/c12-6-10(14)8-3-1-2-7(4-8)5-9(13)11(15)16/h1-4,9-10,14H,5-6,12-13H2,(H,15,16). The molecule has 0 saturated carbocycles. The molecule has 0 radical (unpaired) electrons. The van der Waals surface area contributed by atoms with Crippen molar-refractivity contribution in [2.45, 2.75) is 18.6 Å². The fourth-order valence-corrected chi connectivity index (χ4v) is 1.40. The Morgan fingerprint density at radius 1 is 1.44 bits per heavy atom. The van der Waals surface area contributed by atoms with E-state index >= 15 is 0 Å². The number of carboxylic acids is 1. The van der Waals surface area contributed by atoms with E-state index in [4.69, 9.17) is 16.6 Å². The molecule has 0 fully saturated rings. The van der Waals surface area contributed by atoms with E-state index in [0.717, 1.165) is 5.56 Å². The number of hydrogen-bond acceptors (Lipinski definition) is 4. The number of rotatable bonds is 5. The smallest absolute Gasteiger partial charge is 0.320 e. The molecule has 2 atom stereocenters. The van der Waals surface area contributed by atoms with Crippen LogP contribution in [0.15, 0.2) is 24.3 Å². The molecule has 1 rings (SSSR count). The molecule has 0 amide bonds. The zero-order valence-corrected chi connectivity index (χ0v) is 8.84. The largest absolute Gasteiger partial charge is 0.480 e. The Bertz CT molecular complexity index is 368. The molecule has 6 N–H and O–H groups in total. The summed E-state index contributed by atoms with van der Waals surface area (Å²) in [5.41, 5.74) is 12.2. The van der Waals surface area contributed by atoms with Crippen LogP contribution in [0.1, 0.15) is 17.2 Å². The number of nitrogens with two attached hydrogens (primary N) is 2. The maximum Gasteiger partial charge on any atom is 0.320 e. The molecule has 0 aliphatic rings. The lowest BCUT2D eigenvalue weighted by Crippen LogP contribution is -2.32. The summed E-state index contributed by atoms with van der Waals surface area (Å²) in [6.45, 7) is 0.133. The summed E-state index contributed by atoms with van der Waals surface area (Å²) in [4.78, 5) is 10.6. The minimum absolute atomic E-state index is 0.133. The van der Waals surface area contributed by atoms with Gasteiger partial charge in [0.1, 0.15) is 6.04 Å². The first kappa shape index (κ1) is 12.6. The molecule has 2 unspecified atom stereocenters. The van der Waals surface area contributed by atoms with Gasteiger partial charge >= 0.3 is 5.97 Å². The second-order valence-corrected chi connectivity index (χ2v) is 3.65. The summed E-state index contributed by atoms with van der Waals surface area (Å²) in [6, 6.07) is 6.06. The third-order valence-electron chi connectivity index (χ3n) is 2.33. The van der Waals surface area contributed by atoms with Gasteiger partial charge in [0, 0.05) is 6.54 Å². The van der Waals surface area contributed by atoms with Crippen LogP contribution in [-0.2, 0) is 11.2 Å². The molecule has 0 heterocycles. The van der Waals surface area contributed by atoms with Gasteiger partial charge in [-0.05, 0) is 17.5 Å². The van der Waals surface area contributed by atoms with Crippen molar-refractivity contribution in [2.24, 2.45) is 11.5 Å². The predicted molar refractivity (Wildman–Crippen MR) is 59.8 cm³/mol. The van der Waals surface area contributed by atoms with Crippen LogP contribution in [0.5, 0.6) is 0 Å². The number of hydrogen-bond donors (Lipinski definition) is 4. The number of benzene rings is 1. The van der Waals surface area contributed by atoms with Crippen LogP contribution >= 0.6 is 0 Å². The van der Waals surface area contributed by atoms with E-state index < -0.39 is 18.1 Å². The lowest BCUT2D eigenvalue weighted by atomic mass is 10.0.